The highest BCUT2D eigenvalue weighted by Crippen LogP contribution is 2.36. The van der Waals surface area contributed by atoms with Gasteiger partial charge >= 0.3 is 0 Å². The molecule has 0 spiro atoms. The Morgan fingerprint density at radius 3 is 1.74 bits per heavy atom. The molecule has 2 rings (SSSR count). The summed E-state index contributed by atoms with van der Waals surface area (Å²) in [4.78, 5) is 0. The Bertz CT molecular complexity index is 456. The highest BCUT2D eigenvalue weighted by atomic mass is 16.3. The first-order valence-electron chi connectivity index (χ1n) is 6.67. The van der Waals surface area contributed by atoms with Gasteiger partial charge in [0.1, 0.15) is 5.60 Å². The molecule has 100 valence electrons. The van der Waals surface area contributed by atoms with Gasteiger partial charge in [0.15, 0.2) is 0 Å². The number of hydrogen-bond acceptors (Lipinski definition) is 2. The van der Waals surface area contributed by atoms with Crippen molar-refractivity contribution in [1.82, 2.24) is 5.32 Å². The van der Waals surface area contributed by atoms with Gasteiger partial charge in [-0.25, -0.2) is 0 Å². The van der Waals surface area contributed by atoms with Crippen molar-refractivity contribution < 1.29 is 5.11 Å². The lowest BCUT2D eigenvalue weighted by molar-refractivity contribution is 0.0248. The van der Waals surface area contributed by atoms with Crippen LogP contribution in [0.3, 0.4) is 0 Å². The van der Waals surface area contributed by atoms with Crippen LogP contribution in [0.4, 0.5) is 0 Å². The first-order valence-corrected chi connectivity index (χ1v) is 6.67. The van der Waals surface area contributed by atoms with Crippen molar-refractivity contribution in [2.75, 3.05) is 13.6 Å². The number of nitrogens with one attached hydrogen (secondary N) is 1. The van der Waals surface area contributed by atoms with Gasteiger partial charge in [-0.2, -0.15) is 0 Å². The van der Waals surface area contributed by atoms with Crippen molar-refractivity contribution in [3.63, 3.8) is 0 Å². The van der Waals surface area contributed by atoms with E-state index >= 15 is 0 Å². The summed E-state index contributed by atoms with van der Waals surface area (Å²) < 4.78 is 0. The largest absolute Gasteiger partial charge is 0.380 e. The molecule has 0 aromatic heterocycles. The van der Waals surface area contributed by atoms with Crippen LogP contribution in [0.5, 0.6) is 0 Å². The van der Waals surface area contributed by atoms with E-state index in [2.05, 4.69) is 12.2 Å². The van der Waals surface area contributed by atoms with E-state index in [4.69, 9.17) is 0 Å². The minimum Gasteiger partial charge on any atom is -0.380 e. The quantitative estimate of drug-likeness (QED) is 0.861. The molecule has 0 bridgehead atoms. The van der Waals surface area contributed by atoms with E-state index in [1.807, 2.05) is 67.7 Å². The van der Waals surface area contributed by atoms with Gasteiger partial charge in [-0.1, -0.05) is 67.6 Å². The molecule has 2 nitrogen and oxygen atoms in total. The fraction of sp³-hybridized carbons (Fsp3) is 0.294. The van der Waals surface area contributed by atoms with Gasteiger partial charge in [-0.15, -0.1) is 0 Å². The Morgan fingerprint density at radius 2 is 1.37 bits per heavy atom. The maximum absolute atomic E-state index is 11.3. The molecule has 0 aliphatic rings. The van der Waals surface area contributed by atoms with E-state index in [1.165, 1.54) is 0 Å². The Balaban J connectivity index is 2.51. The predicted octanol–water partition coefficient (Wildman–Crippen LogP) is 2.78. The standard InChI is InChI=1S/C17H21NO/c1-14(13-18-2)17(19,15-9-5-3-6-10-15)16-11-7-4-8-12-16/h3-12,14,18-19H,13H2,1-2H3/t14-/m0/s1. The van der Waals surface area contributed by atoms with E-state index in [0.29, 0.717) is 0 Å². The Labute approximate surface area is 115 Å². The lowest BCUT2D eigenvalue weighted by Gasteiger charge is -2.35. The molecule has 0 saturated heterocycles. The van der Waals surface area contributed by atoms with Crippen molar-refractivity contribution in [1.29, 1.82) is 0 Å². The molecule has 0 fully saturated rings. The normalized spacial score (nSPS) is 13.2. The average molecular weight is 255 g/mol. The number of hydrogen-bond donors (Lipinski definition) is 2. The molecule has 0 saturated carbocycles. The topological polar surface area (TPSA) is 32.3 Å². The van der Waals surface area contributed by atoms with Crippen LogP contribution in [-0.4, -0.2) is 18.7 Å². The lowest BCUT2D eigenvalue weighted by Crippen LogP contribution is -2.39. The van der Waals surface area contributed by atoms with Crippen molar-refractivity contribution in [3.8, 4) is 0 Å². The van der Waals surface area contributed by atoms with Crippen molar-refractivity contribution >= 4 is 0 Å². The van der Waals surface area contributed by atoms with Crippen LogP contribution < -0.4 is 5.32 Å². The molecule has 0 radical (unpaired) electrons. The van der Waals surface area contributed by atoms with Crippen LogP contribution in [0.15, 0.2) is 60.7 Å². The van der Waals surface area contributed by atoms with Gasteiger partial charge < -0.3 is 10.4 Å². The second-order valence-corrected chi connectivity index (χ2v) is 4.96. The predicted molar refractivity (Wildman–Crippen MR) is 79.0 cm³/mol. The van der Waals surface area contributed by atoms with Crippen molar-refractivity contribution in [2.24, 2.45) is 5.92 Å². The fourth-order valence-electron chi connectivity index (χ4n) is 2.57. The molecule has 2 heteroatoms. The van der Waals surface area contributed by atoms with E-state index in [-0.39, 0.29) is 5.92 Å². The molecule has 1 atom stereocenters. The molecular weight excluding hydrogens is 234 g/mol. The summed E-state index contributed by atoms with van der Waals surface area (Å²) in [6.45, 7) is 2.82. The zero-order valence-electron chi connectivity index (χ0n) is 11.5. The molecule has 0 amide bonds. The summed E-state index contributed by atoms with van der Waals surface area (Å²) in [6, 6.07) is 19.8. The van der Waals surface area contributed by atoms with Gasteiger partial charge in [0.05, 0.1) is 0 Å². The maximum Gasteiger partial charge on any atom is 0.118 e. The Kier molecular flexibility index (Phi) is 4.35. The summed E-state index contributed by atoms with van der Waals surface area (Å²) >= 11 is 0. The van der Waals surface area contributed by atoms with Crippen molar-refractivity contribution in [3.05, 3.63) is 71.8 Å². The summed E-state index contributed by atoms with van der Waals surface area (Å²) in [7, 11) is 1.91. The highest BCUT2D eigenvalue weighted by Gasteiger charge is 2.36. The Morgan fingerprint density at radius 1 is 0.947 bits per heavy atom. The average Bonchev–Trinajstić information content (AvgIpc) is 2.48. The van der Waals surface area contributed by atoms with Crippen LogP contribution >= 0.6 is 0 Å². The highest BCUT2D eigenvalue weighted by molar-refractivity contribution is 5.36. The van der Waals surface area contributed by atoms with Crippen LogP contribution in [-0.2, 0) is 5.60 Å². The monoisotopic (exact) mass is 255 g/mol. The fourth-order valence-corrected chi connectivity index (χ4v) is 2.57. The van der Waals surface area contributed by atoms with Crippen LogP contribution in [0, 0.1) is 5.92 Å². The molecule has 0 heterocycles. The van der Waals surface area contributed by atoms with Crippen LogP contribution in [0.2, 0.25) is 0 Å². The Hall–Kier alpha value is -1.64. The molecule has 0 aliphatic carbocycles. The molecule has 2 N–H and O–H groups in total. The van der Waals surface area contributed by atoms with Crippen LogP contribution in [0.25, 0.3) is 0 Å². The first kappa shape index (κ1) is 13.8. The molecule has 0 unspecified atom stereocenters. The molecule has 0 aliphatic heterocycles. The molecule has 2 aromatic carbocycles. The van der Waals surface area contributed by atoms with Gasteiger partial charge in [0.25, 0.3) is 0 Å². The zero-order chi connectivity index (χ0) is 13.7. The molecular formula is C17H21NO. The number of aliphatic hydroxyl groups is 1. The minimum absolute atomic E-state index is 0.0716. The third kappa shape index (κ3) is 2.70. The molecule has 19 heavy (non-hydrogen) atoms. The smallest absolute Gasteiger partial charge is 0.118 e. The van der Waals surface area contributed by atoms with Gasteiger partial charge in [-0.05, 0) is 18.2 Å². The summed E-state index contributed by atoms with van der Waals surface area (Å²) in [6.07, 6.45) is 0. The third-order valence-electron chi connectivity index (χ3n) is 3.65. The SMILES string of the molecule is CNC[C@H](C)C(O)(c1ccccc1)c1ccccc1. The van der Waals surface area contributed by atoms with E-state index in [1.54, 1.807) is 0 Å². The van der Waals surface area contributed by atoms with Crippen LogP contribution in [0.1, 0.15) is 18.1 Å². The lowest BCUT2D eigenvalue weighted by atomic mass is 9.77. The number of benzene rings is 2. The zero-order valence-corrected chi connectivity index (χ0v) is 11.5. The van der Waals surface area contributed by atoms with E-state index in [0.717, 1.165) is 17.7 Å². The minimum atomic E-state index is -0.967. The second kappa shape index (κ2) is 6.00. The van der Waals surface area contributed by atoms with Gasteiger partial charge in [0.2, 0.25) is 0 Å². The van der Waals surface area contributed by atoms with Gasteiger partial charge in [0, 0.05) is 12.5 Å². The number of rotatable bonds is 5. The summed E-state index contributed by atoms with van der Waals surface area (Å²) in [5.74, 6) is 0.0716. The molecule has 2 aromatic rings. The van der Waals surface area contributed by atoms with Crippen molar-refractivity contribution in [2.45, 2.75) is 12.5 Å². The summed E-state index contributed by atoms with van der Waals surface area (Å²) in [5, 5.41) is 14.5. The second-order valence-electron chi connectivity index (χ2n) is 4.96. The maximum atomic E-state index is 11.3. The van der Waals surface area contributed by atoms with E-state index < -0.39 is 5.60 Å². The first-order chi connectivity index (χ1) is 9.19. The third-order valence-corrected chi connectivity index (χ3v) is 3.65. The van der Waals surface area contributed by atoms with E-state index in [9.17, 15) is 5.11 Å². The van der Waals surface area contributed by atoms with Gasteiger partial charge in [-0.3, -0.25) is 0 Å². The summed E-state index contributed by atoms with van der Waals surface area (Å²) in [5.41, 5.74) is 0.902.